The quantitative estimate of drug-likeness (QED) is 0.530. The third kappa shape index (κ3) is 5.21. The Hall–Kier alpha value is 0.250. The summed E-state index contributed by atoms with van der Waals surface area (Å²) in [7, 11) is 0. The van der Waals surface area contributed by atoms with Crippen LogP contribution in [-0.2, 0) is 0 Å². The molecule has 1 nitrogen and oxygen atoms in total. The first-order chi connectivity index (χ1) is 6.83. The molecule has 1 N–H and O–H groups in total. The summed E-state index contributed by atoms with van der Waals surface area (Å²) in [5.41, 5.74) is 0. The molecule has 0 bridgehead atoms. The Morgan fingerprint density at radius 3 is 2.50 bits per heavy atom. The molecule has 0 unspecified atom stereocenters. The van der Waals surface area contributed by atoms with Gasteiger partial charge in [0, 0.05) is 5.38 Å². The van der Waals surface area contributed by atoms with Gasteiger partial charge in [-0.2, -0.15) is 0 Å². The Morgan fingerprint density at radius 1 is 1.14 bits per heavy atom. The zero-order valence-electron chi connectivity index (χ0n) is 9.40. The molecule has 14 heavy (non-hydrogen) atoms. The van der Waals surface area contributed by atoms with E-state index >= 15 is 0 Å². The second-order valence-corrected chi connectivity index (χ2v) is 5.15. The van der Waals surface area contributed by atoms with Crippen LogP contribution in [0.2, 0.25) is 0 Å². The van der Waals surface area contributed by atoms with E-state index < -0.39 is 0 Å². The molecule has 0 heterocycles. The van der Waals surface area contributed by atoms with Crippen molar-refractivity contribution in [3.8, 4) is 0 Å². The number of alkyl halides is 1. The summed E-state index contributed by atoms with van der Waals surface area (Å²) in [5, 5.41) is 4.03. The van der Waals surface area contributed by atoms with E-state index in [-0.39, 0.29) is 0 Å². The monoisotopic (exact) mass is 217 g/mol. The maximum atomic E-state index is 6.06. The summed E-state index contributed by atoms with van der Waals surface area (Å²) >= 11 is 6.06. The molecule has 0 spiro atoms. The standard InChI is InChI=1S/C12H24ClN/c1-2-3-4-9-14-10-11-5-7-12(13)8-6-11/h11-12,14H,2-10H2,1H3. The van der Waals surface area contributed by atoms with Crippen molar-refractivity contribution in [1.82, 2.24) is 5.32 Å². The van der Waals surface area contributed by atoms with Gasteiger partial charge in [-0.3, -0.25) is 0 Å². The third-order valence-electron chi connectivity index (χ3n) is 3.17. The van der Waals surface area contributed by atoms with Crippen molar-refractivity contribution in [2.45, 2.75) is 57.2 Å². The summed E-state index contributed by atoms with van der Waals surface area (Å²) < 4.78 is 0. The summed E-state index contributed by atoms with van der Waals surface area (Å²) in [6.45, 7) is 4.67. The van der Waals surface area contributed by atoms with Crippen molar-refractivity contribution in [1.29, 1.82) is 0 Å². The third-order valence-corrected chi connectivity index (χ3v) is 3.60. The average Bonchev–Trinajstić information content (AvgIpc) is 2.21. The van der Waals surface area contributed by atoms with Crippen LogP contribution in [0, 0.1) is 5.92 Å². The van der Waals surface area contributed by atoms with Crippen molar-refractivity contribution in [3.05, 3.63) is 0 Å². The number of unbranched alkanes of at least 4 members (excludes halogenated alkanes) is 2. The Morgan fingerprint density at radius 2 is 1.86 bits per heavy atom. The van der Waals surface area contributed by atoms with E-state index in [2.05, 4.69) is 12.2 Å². The highest BCUT2D eigenvalue weighted by molar-refractivity contribution is 6.20. The second-order valence-electron chi connectivity index (χ2n) is 4.53. The molecule has 1 saturated carbocycles. The van der Waals surface area contributed by atoms with Crippen molar-refractivity contribution in [2.75, 3.05) is 13.1 Å². The van der Waals surface area contributed by atoms with Crippen LogP contribution in [0.5, 0.6) is 0 Å². The zero-order chi connectivity index (χ0) is 10.2. The highest BCUT2D eigenvalue weighted by Gasteiger charge is 2.18. The van der Waals surface area contributed by atoms with Crippen molar-refractivity contribution in [2.24, 2.45) is 5.92 Å². The lowest BCUT2D eigenvalue weighted by molar-refractivity contribution is 0.345. The molecule has 0 amide bonds. The van der Waals surface area contributed by atoms with Gasteiger partial charge in [-0.1, -0.05) is 19.8 Å². The Balaban J connectivity index is 1.91. The molecule has 1 aliphatic rings. The summed E-state index contributed by atoms with van der Waals surface area (Å²) in [6.07, 6.45) is 9.12. The van der Waals surface area contributed by atoms with E-state index in [0.717, 1.165) is 5.92 Å². The number of hydrogen-bond donors (Lipinski definition) is 1. The minimum Gasteiger partial charge on any atom is -0.316 e. The van der Waals surface area contributed by atoms with Gasteiger partial charge in [-0.25, -0.2) is 0 Å². The van der Waals surface area contributed by atoms with Crippen LogP contribution in [0.25, 0.3) is 0 Å². The van der Waals surface area contributed by atoms with Gasteiger partial charge in [0.2, 0.25) is 0 Å². The van der Waals surface area contributed by atoms with Gasteiger partial charge < -0.3 is 5.32 Å². The predicted octanol–water partition coefficient (Wildman–Crippen LogP) is 3.56. The second kappa shape index (κ2) is 7.53. The van der Waals surface area contributed by atoms with Crippen LogP contribution < -0.4 is 5.32 Å². The number of nitrogens with one attached hydrogen (secondary N) is 1. The van der Waals surface area contributed by atoms with E-state index in [1.165, 1.54) is 58.0 Å². The number of hydrogen-bond acceptors (Lipinski definition) is 1. The van der Waals surface area contributed by atoms with Crippen LogP contribution in [0.1, 0.15) is 51.9 Å². The number of halogens is 1. The molecule has 2 heteroatoms. The smallest absolute Gasteiger partial charge is 0.0336 e. The first-order valence-electron chi connectivity index (χ1n) is 6.17. The normalized spacial score (nSPS) is 27.9. The van der Waals surface area contributed by atoms with Gasteiger partial charge in [-0.15, -0.1) is 11.6 Å². The molecule has 1 fully saturated rings. The summed E-state index contributed by atoms with van der Waals surface area (Å²) in [6, 6.07) is 0. The molecule has 84 valence electrons. The average molecular weight is 218 g/mol. The van der Waals surface area contributed by atoms with E-state index in [1.807, 2.05) is 0 Å². The Labute approximate surface area is 93.6 Å². The van der Waals surface area contributed by atoms with Crippen LogP contribution in [0.15, 0.2) is 0 Å². The first-order valence-corrected chi connectivity index (χ1v) is 6.61. The Bertz CT molecular complexity index is 130. The van der Waals surface area contributed by atoms with Gasteiger partial charge in [0.05, 0.1) is 0 Å². The summed E-state index contributed by atoms with van der Waals surface area (Å²) in [4.78, 5) is 0. The highest BCUT2D eigenvalue weighted by Crippen LogP contribution is 2.26. The van der Waals surface area contributed by atoms with Crippen molar-refractivity contribution in [3.63, 3.8) is 0 Å². The van der Waals surface area contributed by atoms with E-state index in [0.29, 0.717) is 5.38 Å². The molecular formula is C12H24ClN. The highest BCUT2D eigenvalue weighted by atomic mass is 35.5. The summed E-state index contributed by atoms with van der Waals surface area (Å²) in [5.74, 6) is 0.895. The zero-order valence-corrected chi connectivity index (χ0v) is 10.2. The molecule has 0 radical (unpaired) electrons. The molecule has 0 aromatic heterocycles. The molecule has 0 saturated heterocycles. The SMILES string of the molecule is CCCCCNCC1CCC(Cl)CC1. The maximum Gasteiger partial charge on any atom is 0.0336 e. The van der Waals surface area contributed by atoms with Crippen LogP contribution in [0.4, 0.5) is 0 Å². The molecule has 0 atom stereocenters. The van der Waals surface area contributed by atoms with Gasteiger partial charge in [0.15, 0.2) is 0 Å². The predicted molar refractivity (Wildman–Crippen MR) is 64.0 cm³/mol. The fourth-order valence-corrected chi connectivity index (χ4v) is 2.38. The molecule has 0 aromatic carbocycles. The lowest BCUT2D eigenvalue weighted by atomic mass is 9.89. The fourth-order valence-electron chi connectivity index (χ4n) is 2.13. The maximum absolute atomic E-state index is 6.06. The van der Waals surface area contributed by atoms with E-state index in [9.17, 15) is 0 Å². The number of rotatable bonds is 6. The van der Waals surface area contributed by atoms with Gasteiger partial charge >= 0.3 is 0 Å². The van der Waals surface area contributed by atoms with E-state index in [4.69, 9.17) is 11.6 Å². The molecule has 0 aromatic rings. The topological polar surface area (TPSA) is 12.0 Å². The molecule has 1 aliphatic carbocycles. The fraction of sp³-hybridized carbons (Fsp3) is 1.00. The molecular weight excluding hydrogens is 194 g/mol. The van der Waals surface area contributed by atoms with Crippen molar-refractivity contribution >= 4 is 11.6 Å². The minimum atomic E-state index is 0.464. The molecule has 1 rings (SSSR count). The minimum absolute atomic E-state index is 0.464. The lowest BCUT2D eigenvalue weighted by Gasteiger charge is -2.25. The van der Waals surface area contributed by atoms with Crippen LogP contribution in [-0.4, -0.2) is 18.5 Å². The largest absolute Gasteiger partial charge is 0.316 e. The van der Waals surface area contributed by atoms with Gasteiger partial charge in [-0.05, 0) is 51.1 Å². The van der Waals surface area contributed by atoms with Crippen molar-refractivity contribution < 1.29 is 0 Å². The van der Waals surface area contributed by atoms with E-state index in [1.54, 1.807) is 0 Å². The van der Waals surface area contributed by atoms with Crippen LogP contribution in [0.3, 0.4) is 0 Å². The lowest BCUT2D eigenvalue weighted by Crippen LogP contribution is -2.27. The Kier molecular flexibility index (Phi) is 6.63. The molecule has 0 aliphatic heterocycles. The van der Waals surface area contributed by atoms with Gasteiger partial charge in [0.25, 0.3) is 0 Å². The van der Waals surface area contributed by atoms with Crippen LogP contribution >= 0.6 is 11.6 Å². The van der Waals surface area contributed by atoms with Gasteiger partial charge in [0.1, 0.15) is 0 Å². The first kappa shape index (κ1) is 12.3.